The van der Waals surface area contributed by atoms with Crippen LogP contribution in [0.25, 0.3) is 88.4 Å². The lowest BCUT2D eigenvalue weighted by atomic mass is 9.82. The average Bonchev–Trinajstić information content (AvgIpc) is 3.86. The number of nitrogens with zero attached hydrogens (tertiary/aromatic N) is 2. The van der Waals surface area contributed by atoms with Gasteiger partial charge >= 0.3 is 0 Å². The summed E-state index contributed by atoms with van der Waals surface area (Å²) in [7, 11) is 0. The van der Waals surface area contributed by atoms with Crippen molar-refractivity contribution in [3.05, 3.63) is 169 Å². The summed E-state index contributed by atoms with van der Waals surface area (Å²) in [6, 6.07) is 57.3. The van der Waals surface area contributed by atoms with Crippen molar-refractivity contribution in [3.8, 4) is 33.6 Å². The van der Waals surface area contributed by atoms with Gasteiger partial charge in [0.1, 0.15) is 5.58 Å². The summed E-state index contributed by atoms with van der Waals surface area (Å²) in [4.78, 5) is 0. The molecule has 7 aromatic carbocycles. The van der Waals surface area contributed by atoms with Gasteiger partial charge < -0.3 is 8.98 Å². The Morgan fingerprint density at radius 3 is 1.86 bits per heavy atom. The number of benzene rings is 7. The zero-order valence-corrected chi connectivity index (χ0v) is 27.8. The van der Waals surface area contributed by atoms with Crippen LogP contribution >= 0.6 is 0 Å². The van der Waals surface area contributed by atoms with Crippen LogP contribution < -0.4 is 0 Å². The van der Waals surface area contributed by atoms with Crippen LogP contribution in [0.15, 0.2) is 162 Å². The molecule has 0 amide bonds. The standard InChI is InChI=1S/C47H32N2O/c1-47(2)37-23-21-29(27-35(37)44-38(47)24-26-41-45(44)33-17-9-11-19-39(33)48(41)31-13-5-3-6-14-31)30-22-25-40-36(28-30)43-34-18-10-12-20-42(34)50-46(43)49(40)32-15-7-4-8-16-32/h3-28H,1-2H3. The number of rotatable bonds is 3. The molecule has 0 N–H and O–H groups in total. The summed E-state index contributed by atoms with van der Waals surface area (Å²) in [6.45, 7) is 4.75. The largest absolute Gasteiger partial charge is 0.439 e. The molecule has 11 rings (SSSR count). The number of furan rings is 1. The predicted molar refractivity (Wildman–Crippen MR) is 208 cm³/mol. The predicted octanol–water partition coefficient (Wildman–Crippen LogP) is 12.6. The van der Waals surface area contributed by atoms with Crippen LogP contribution in [0.5, 0.6) is 0 Å². The van der Waals surface area contributed by atoms with E-state index in [2.05, 4.69) is 175 Å². The minimum atomic E-state index is -0.119. The lowest BCUT2D eigenvalue weighted by Crippen LogP contribution is -2.14. The highest BCUT2D eigenvalue weighted by molar-refractivity contribution is 6.21. The van der Waals surface area contributed by atoms with Gasteiger partial charge in [0.05, 0.1) is 21.9 Å². The van der Waals surface area contributed by atoms with Gasteiger partial charge in [0.2, 0.25) is 5.71 Å². The van der Waals surface area contributed by atoms with Crippen molar-refractivity contribution < 1.29 is 4.42 Å². The van der Waals surface area contributed by atoms with Gasteiger partial charge in [-0.2, -0.15) is 0 Å². The molecule has 0 bridgehead atoms. The summed E-state index contributed by atoms with van der Waals surface area (Å²) in [5, 5.41) is 6.11. The third kappa shape index (κ3) is 3.59. The smallest absolute Gasteiger partial charge is 0.213 e. The first-order valence-electron chi connectivity index (χ1n) is 17.4. The van der Waals surface area contributed by atoms with Crippen LogP contribution in [0.2, 0.25) is 0 Å². The molecule has 0 saturated heterocycles. The molecule has 1 aliphatic rings. The van der Waals surface area contributed by atoms with E-state index >= 15 is 0 Å². The van der Waals surface area contributed by atoms with E-state index in [1.165, 1.54) is 66.3 Å². The van der Waals surface area contributed by atoms with Gasteiger partial charge in [-0.25, -0.2) is 0 Å². The topological polar surface area (TPSA) is 23.0 Å². The highest BCUT2D eigenvalue weighted by atomic mass is 16.3. The van der Waals surface area contributed by atoms with Gasteiger partial charge in [-0.05, 0) is 94.0 Å². The Hall–Kier alpha value is -6.32. The first kappa shape index (κ1) is 27.6. The fourth-order valence-corrected chi connectivity index (χ4v) is 8.84. The lowest BCUT2D eigenvalue weighted by Gasteiger charge is -2.21. The van der Waals surface area contributed by atoms with Gasteiger partial charge in [-0.1, -0.05) is 111 Å². The summed E-state index contributed by atoms with van der Waals surface area (Å²) in [5.74, 6) is 0. The Kier molecular flexibility index (Phi) is 5.45. The molecule has 1 aliphatic carbocycles. The average molecular weight is 641 g/mol. The molecule has 0 radical (unpaired) electrons. The maximum atomic E-state index is 6.56. The molecule has 10 aromatic rings. The maximum absolute atomic E-state index is 6.56. The normalized spacial score (nSPS) is 13.6. The fourth-order valence-electron chi connectivity index (χ4n) is 8.84. The van der Waals surface area contributed by atoms with Crippen molar-refractivity contribution in [3.63, 3.8) is 0 Å². The first-order chi connectivity index (χ1) is 24.6. The number of aromatic nitrogens is 2. The Labute approximate surface area is 289 Å². The molecule has 3 aromatic heterocycles. The third-order valence-electron chi connectivity index (χ3n) is 11.1. The second-order valence-corrected chi connectivity index (χ2v) is 14.1. The van der Waals surface area contributed by atoms with E-state index in [1.54, 1.807) is 0 Å². The number of hydrogen-bond acceptors (Lipinski definition) is 1. The van der Waals surface area contributed by atoms with Gasteiger partial charge in [0, 0.05) is 38.3 Å². The monoisotopic (exact) mass is 640 g/mol. The SMILES string of the molecule is CC1(C)c2ccc(-c3ccc4c(c3)c3c5ccccc5oc3n4-c3ccccc3)cc2-c2c1ccc1c2c2ccccc2n1-c1ccccc1. The van der Waals surface area contributed by atoms with Crippen LogP contribution in [-0.2, 0) is 5.41 Å². The van der Waals surface area contributed by atoms with Crippen LogP contribution in [0.1, 0.15) is 25.0 Å². The van der Waals surface area contributed by atoms with Gasteiger partial charge in [0.25, 0.3) is 0 Å². The van der Waals surface area contributed by atoms with Crippen molar-refractivity contribution in [1.29, 1.82) is 0 Å². The second kappa shape index (κ2) is 9.87. The van der Waals surface area contributed by atoms with E-state index in [4.69, 9.17) is 4.42 Å². The minimum absolute atomic E-state index is 0.119. The van der Waals surface area contributed by atoms with E-state index in [-0.39, 0.29) is 5.41 Å². The number of para-hydroxylation sites is 4. The molecular formula is C47H32N2O. The molecule has 3 heteroatoms. The van der Waals surface area contributed by atoms with Crippen LogP contribution in [0.3, 0.4) is 0 Å². The summed E-state index contributed by atoms with van der Waals surface area (Å²) in [5.41, 5.74) is 15.4. The van der Waals surface area contributed by atoms with Crippen molar-refractivity contribution in [2.24, 2.45) is 0 Å². The molecule has 0 aliphatic heterocycles. The van der Waals surface area contributed by atoms with Gasteiger partial charge in [0.15, 0.2) is 0 Å². The van der Waals surface area contributed by atoms with Crippen molar-refractivity contribution >= 4 is 54.8 Å². The minimum Gasteiger partial charge on any atom is -0.439 e. The van der Waals surface area contributed by atoms with Crippen molar-refractivity contribution in [2.45, 2.75) is 19.3 Å². The molecular weight excluding hydrogens is 609 g/mol. The van der Waals surface area contributed by atoms with Gasteiger partial charge in [-0.15, -0.1) is 0 Å². The quantitative estimate of drug-likeness (QED) is 0.188. The van der Waals surface area contributed by atoms with Crippen LogP contribution in [0, 0.1) is 0 Å². The van der Waals surface area contributed by atoms with Gasteiger partial charge in [-0.3, -0.25) is 4.57 Å². The second-order valence-electron chi connectivity index (χ2n) is 14.1. The Balaban J connectivity index is 1.17. The Bertz CT molecular complexity index is 2990. The maximum Gasteiger partial charge on any atom is 0.213 e. The molecule has 0 atom stereocenters. The van der Waals surface area contributed by atoms with E-state index in [9.17, 15) is 0 Å². The van der Waals surface area contributed by atoms with Crippen molar-refractivity contribution in [1.82, 2.24) is 9.13 Å². The molecule has 0 unspecified atom stereocenters. The number of hydrogen-bond donors (Lipinski definition) is 0. The molecule has 0 saturated carbocycles. The van der Waals surface area contributed by atoms with E-state index in [0.717, 1.165) is 33.3 Å². The Morgan fingerprint density at radius 2 is 1.06 bits per heavy atom. The van der Waals surface area contributed by atoms with Crippen LogP contribution in [-0.4, -0.2) is 9.13 Å². The molecule has 0 spiro atoms. The molecule has 50 heavy (non-hydrogen) atoms. The molecule has 236 valence electrons. The molecule has 3 heterocycles. The highest BCUT2D eigenvalue weighted by Gasteiger charge is 2.37. The molecule has 0 fully saturated rings. The zero-order valence-electron chi connectivity index (χ0n) is 27.8. The lowest BCUT2D eigenvalue weighted by molar-refractivity contribution is 0.645. The summed E-state index contributed by atoms with van der Waals surface area (Å²) in [6.07, 6.45) is 0. The first-order valence-corrected chi connectivity index (χ1v) is 17.4. The van der Waals surface area contributed by atoms with E-state index in [0.29, 0.717) is 0 Å². The van der Waals surface area contributed by atoms with Crippen LogP contribution in [0.4, 0.5) is 0 Å². The summed E-state index contributed by atoms with van der Waals surface area (Å²) < 4.78 is 11.2. The molecule has 3 nitrogen and oxygen atoms in total. The zero-order chi connectivity index (χ0) is 33.1. The number of fused-ring (bicyclic) bond motifs is 12. The van der Waals surface area contributed by atoms with Crippen molar-refractivity contribution in [2.75, 3.05) is 0 Å². The Morgan fingerprint density at radius 1 is 0.460 bits per heavy atom. The highest BCUT2D eigenvalue weighted by Crippen LogP contribution is 2.54. The third-order valence-corrected chi connectivity index (χ3v) is 11.1. The summed E-state index contributed by atoms with van der Waals surface area (Å²) >= 11 is 0. The van der Waals surface area contributed by atoms with E-state index in [1.807, 2.05) is 6.07 Å². The fraction of sp³-hybridized carbons (Fsp3) is 0.0638. The van der Waals surface area contributed by atoms with E-state index < -0.39 is 0 Å².